The summed E-state index contributed by atoms with van der Waals surface area (Å²) in [5.41, 5.74) is 2.83. The first-order chi connectivity index (χ1) is 9.06. The maximum absolute atomic E-state index is 6.07. The van der Waals surface area contributed by atoms with Crippen molar-refractivity contribution in [2.45, 2.75) is 20.3 Å². The van der Waals surface area contributed by atoms with Gasteiger partial charge in [-0.1, -0.05) is 36.2 Å². The van der Waals surface area contributed by atoms with Gasteiger partial charge in [0.05, 0.1) is 15.7 Å². The van der Waals surface area contributed by atoms with E-state index >= 15 is 0 Å². The predicted molar refractivity (Wildman–Crippen MR) is 81.1 cm³/mol. The van der Waals surface area contributed by atoms with Gasteiger partial charge in [0.25, 0.3) is 0 Å². The fraction of sp³-hybridized carbons (Fsp3) is 0.286. The van der Waals surface area contributed by atoms with Crippen LogP contribution in [0.3, 0.4) is 0 Å². The van der Waals surface area contributed by atoms with Crippen molar-refractivity contribution in [1.82, 2.24) is 9.97 Å². The van der Waals surface area contributed by atoms with Crippen LogP contribution in [0.25, 0.3) is 11.3 Å². The van der Waals surface area contributed by atoms with Gasteiger partial charge in [-0.05, 0) is 19.1 Å². The van der Waals surface area contributed by atoms with E-state index in [4.69, 9.17) is 23.2 Å². The molecule has 0 radical (unpaired) electrons. The second-order valence-corrected chi connectivity index (χ2v) is 5.01. The van der Waals surface area contributed by atoms with Crippen molar-refractivity contribution in [2.24, 2.45) is 0 Å². The molecule has 19 heavy (non-hydrogen) atoms. The first-order valence-corrected chi connectivity index (χ1v) is 6.83. The van der Waals surface area contributed by atoms with Crippen LogP contribution < -0.4 is 5.32 Å². The molecule has 1 N–H and O–H groups in total. The second kappa shape index (κ2) is 5.76. The SMILES string of the molecule is CCc1nc(NC)c(C)c(-c2ccc(Cl)c(Cl)c2)n1. The summed E-state index contributed by atoms with van der Waals surface area (Å²) in [6.45, 7) is 4.02. The molecular formula is C14H15Cl2N3. The quantitative estimate of drug-likeness (QED) is 0.914. The van der Waals surface area contributed by atoms with Gasteiger partial charge in [-0.15, -0.1) is 0 Å². The van der Waals surface area contributed by atoms with E-state index in [0.717, 1.165) is 34.9 Å². The van der Waals surface area contributed by atoms with Crippen molar-refractivity contribution >= 4 is 29.0 Å². The first kappa shape index (κ1) is 14.1. The number of aryl methyl sites for hydroxylation is 1. The fourth-order valence-corrected chi connectivity index (χ4v) is 2.19. The molecule has 0 fully saturated rings. The van der Waals surface area contributed by atoms with Gasteiger partial charge in [0.15, 0.2) is 0 Å². The van der Waals surface area contributed by atoms with Crippen LogP contribution in [0.1, 0.15) is 18.3 Å². The molecule has 2 rings (SSSR count). The minimum Gasteiger partial charge on any atom is -0.373 e. The lowest BCUT2D eigenvalue weighted by molar-refractivity contribution is 0.936. The summed E-state index contributed by atoms with van der Waals surface area (Å²) in [4.78, 5) is 9.04. The molecule has 0 unspecified atom stereocenters. The lowest BCUT2D eigenvalue weighted by atomic mass is 10.1. The summed E-state index contributed by atoms with van der Waals surface area (Å²) in [6.07, 6.45) is 0.781. The molecule has 3 nitrogen and oxygen atoms in total. The Kier molecular flexibility index (Phi) is 4.27. The Labute approximate surface area is 123 Å². The molecule has 0 saturated carbocycles. The highest BCUT2D eigenvalue weighted by molar-refractivity contribution is 6.42. The summed E-state index contributed by atoms with van der Waals surface area (Å²) in [5.74, 6) is 1.64. The summed E-state index contributed by atoms with van der Waals surface area (Å²) in [6, 6.07) is 5.53. The number of benzene rings is 1. The van der Waals surface area contributed by atoms with Crippen LogP contribution in [-0.2, 0) is 6.42 Å². The van der Waals surface area contributed by atoms with Gasteiger partial charge in [0, 0.05) is 24.6 Å². The summed E-state index contributed by atoms with van der Waals surface area (Å²) < 4.78 is 0. The average Bonchev–Trinajstić information content (AvgIpc) is 2.42. The zero-order valence-corrected chi connectivity index (χ0v) is 12.6. The largest absolute Gasteiger partial charge is 0.373 e. The molecule has 0 spiro atoms. The molecule has 5 heteroatoms. The highest BCUT2D eigenvalue weighted by Gasteiger charge is 2.12. The number of anilines is 1. The topological polar surface area (TPSA) is 37.8 Å². The molecule has 0 aliphatic heterocycles. The van der Waals surface area contributed by atoms with Crippen molar-refractivity contribution in [3.63, 3.8) is 0 Å². The van der Waals surface area contributed by atoms with E-state index in [9.17, 15) is 0 Å². The Morgan fingerprint density at radius 2 is 1.89 bits per heavy atom. The Hall–Kier alpha value is -1.32. The van der Waals surface area contributed by atoms with Gasteiger partial charge in [-0.3, -0.25) is 0 Å². The lowest BCUT2D eigenvalue weighted by Crippen LogP contribution is -2.04. The summed E-state index contributed by atoms with van der Waals surface area (Å²) in [5, 5.41) is 4.17. The third-order valence-electron chi connectivity index (χ3n) is 2.94. The van der Waals surface area contributed by atoms with E-state index in [-0.39, 0.29) is 0 Å². The van der Waals surface area contributed by atoms with E-state index in [0.29, 0.717) is 10.0 Å². The van der Waals surface area contributed by atoms with Crippen LogP contribution in [0, 0.1) is 6.92 Å². The van der Waals surface area contributed by atoms with Gasteiger partial charge in [0.2, 0.25) is 0 Å². The molecule has 1 aromatic heterocycles. The van der Waals surface area contributed by atoms with Crippen molar-refractivity contribution < 1.29 is 0 Å². The van der Waals surface area contributed by atoms with Crippen LogP contribution in [0.15, 0.2) is 18.2 Å². The number of nitrogens with zero attached hydrogens (tertiary/aromatic N) is 2. The van der Waals surface area contributed by atoms with Crippen molar-refractivity contribution in [2.75, 3.05) is 12.4 Å². The number of hydrogen-bond acceptors (Lipinski definition) is 3. The number of hydrogen-bond donors (Lipinski definition) is 1. The van der Waals surface area contributed by atoms with Crippen LogP contribution in [-0.4, -0.2) is 17.0 Å². The molecule has 1 aromatic carbocycles. The van der Waals surface area contributed by atoms with Crippen LogP contribution >= 0.6 is 23.2 Å². The molecule has 2 aromatic rings. The summed E-state index contributed by atoms with van der Waals surface area (Å²) in [7, 11) is 1.85. The van der Waals surface area contributed by atoms with Gasteiger partial charge in [0.1, 0.15) is 11.6 Å². The first-order valence-electron chi connectivity index (χ1n) is 6.07. The van der Waals surface area contributed by atoms with Crippen LogP contribution in [0.2, 0.25) is 10.0 Å². The van der Waals surface area contributed by atoms with E-state index < -0.39 is 0 Å². The molecule has 0 bridgehead atoms. The van der Waals surface area contributed by atoms with Gasteiger partial charge in [-0.2, -0.15) is 0 Å². The standard InChI is InChI=1S/C14H15Cl2N3/c1-4-12-18-13(8(2)14(17-3)19-12)9-5-6-10(15)11(16)7-9/h5-7H,4H2,1-3H3,(H,17,18,19). The highest BCUT2D eigenvalue weighted by atomic mass is 35.5. The second-order valence-electron chi connectivity index (χ2n) is 4.19. The van der Waals surface area contributed by atoms with Crippen molar-refractivity contribution in [3.8, 4) is 11.3 Å². The lowest BCUT2D eigenvalue weighted by Gasteiger charge is -2.12. The zero-order chi connectivity index (χ0) is 14.0. The van der Waals surface area contributed by atoms with Crippen LogP contribution in [0.5, 0.6) is 0 Å². The number of nitrogens with one attached hydrogen (secondary N) is 1. The number of aromatic nitrogens is 2. The predicted octanol–water partition coefficient (Wildman–Crippen LogP) is 4.36. The smallest absolute Gasteiger partial charge is 0.132 e. The van der Waals surface area contributed by atoms with Gasteiger partial charge < -0.3 is 5.32 Å². The molecular weight excluding hydrogens is 281 g/mol. The van der Waals surface area contributed by atoms with Gasteiger partial charge in [-0.25, -0.2) is 9.97 Å². The van der Waals surface area contributed by atoms with E-state index in [1.165, 1.54) is 0 Å². The number of halogens is 2. The minimum atomic E-state index is 0.529. The summed E-state index contributed by atoms with van der Waals surface area (Å²) >= 11 is 12.0. The third-order valence-corrected chi connectivity index (χ3v) is 3.68. The maximum atomic E-state index is 6.07. The Balaban J connectivity index is 2.63. The minimum absolute atomic E-state index is 0.529. The molecule has 0 saturated heterocycles. The fourth-order valence-electron chi connectivity index (χ4n) is 1.89. The van der Waals surface area contributed by atoms with Crippen LogP contribution in [0.4, 0.5) is 5.82 Å². The van der Waals surface area contributed by atoms with E-state index in [1.807, 2.05) is 33.0 Å². The Bertz CT molecular complexity index is 612. The van der Waals surface area contributed by atoms with E-state index in [1.54, 1.807) is 6.07 Å². The molecule has 100 valence electrons. The average molecular weight is 296 g/mol. The molecule has 0 aliphatic carbocycles. The molecule has 1 heterocycles. The molecule has 0 amide bonds. The normalized spacial score (nSPS) is 10.6. The molecule has 0 atom stereocenters. The Morgan fingerprint density at radius 1 is 1.16 bits per heavy atom. The molecule has 0 aliphatic rings. The Morgan fingerprint density at radius 3 is 2.47 bits per heavy atom. The zero-order valence-electron chi connectivity index (χ0n) is 11.1. The monoisotopic (exact) mass is 295 g/mol. The van der Waals surface area contributed by atoms with Crippen molar-refractivity contribution in [1.29, 1.82) is 0 Å². The number of rotatable bonds is 3. The van der Waals surface area contributed by atoms with Gasteiger partial charge >= 0.3 is 0 Å². The maximum Gasteiger partial charge on any atom is 0.132 e. The highest BCUT2D eigenvalue weighted by Crippen LogP contribution is 2.31. The van der Waals surface area contributed by atoms with E-state index in [2.05, 4.69) is 15.3 Å². The third kappa shape index (κ3) is 2.82. The van der Waals surface area contributed by atoms with Crippen molar-refractivity contribution in [3.05, 3.63) is 39.6 Å².